The fourth-order valence-electron chi connectivity index (χ4n) is 1.24. The minimum Gasteiger partial charge on any atom is -0.192 e. The Balaban J connectivity index is 2.84. The molecule has 0 radical (unpaired) electrons. The molecule has 0 fully saturated rings. The van der Waals surface area contributed by atoms with Gasteiger partial charge in [-0.05, 0) is 41.5 Å². The molecule has 1 heterocycles. The lowest BCUT2D eigenvalue weighted by molar-refractivity contribution is 1.42. The van der Waals surface area contributed by atoms with Crippen LogP contribution in [0.15, 0.2) is 23.6 Å². The molecule has 0 aliphatic carbocycles. The maximum absolute atomic E-state index is 8.77. The Bertz CT molecular complexity index is 462. The van der Waals surface area contributed by atoms with Gasteiger partial charge in [0.05, 0.1) is 11.6 Å². The van der Waals surface area contributed by atoms with Crippen molar-refractivity contribution >= 4 is 21.4 Å². The number of nitriles is 1. The Hall–Kier alpha value is -1.33. The van der Waals surface area contributed by atoms with Gasteiger partial charge in [0.1, 0.15) is 0 Å². The monoisotopic (exact) mass is 173 g/mol. The van der Waals surface area contributed by atoms with Crippen molar-refractivity contribution in [1.82, 2.24) is 0 Å². The van der Waals surface area contributed by atoms with Crippen LogP contribution < -0.4 is 0 Å². The van der Waals surface area contributed by atoms with Crippen LogP contribution in [0.25, 0.3) is 10.1 Å². The molecule has 0 unspecified atom stereocenters. The molecule has 2 rings (SSSR count). The largest absolute Gasteiger partial charge is 0.192 e. The second-order valence-corrected chi connectivity index (χ2v) is 3.69. The molecule has 0 aliphatic rings. The zero-order chi connectivity index (χ0) is 8.55. The van der Waals surface area contributed by atoms with E-state index in [0.29, 0.717) is 0 Å². The summed E-state index contributed by atoms with van der Waals surface area (Å²) >= 11 is 1.67. The molecule has 1 aromatic heterocycles. The number of rotatable bonds is 0. The molecule has 0 aliphatic heterocycles. The number of hydrogen-bond acceptors (Lipinski definition) is 2. The molecule has 0 N–H and O–H groups in total. The van der Waals surface area contributed by atoms with Gasteiger partial charge in [-0.2, -0.15) is 5.26 Å². The highest BCUT2D eigenvalue weighted by molar-refractivity contribution is 7.17. The summed E-state index contributed by atoms with van der Waals surface area (Å²) in [6, 6.07) is 8.27. The van der Waals surface area contributed by atoms with Gasteiger partial charge >= 0.3 is 0 Å². The van der Waals surface area contributed by atoms with Gasteiger partial charge in [0, 0.05) is 4.70 Å². The third kappa shape index (κ3) is 0.992. The molecule has 1 nitrogen and oxygen atoms in total. The van der Waals surface area contributed by atoms with Crippen LogP contribution in [-0.2, 0) is 0 Å². The maximum Gasteiger partial charge on any atom is 0.0994 e. The zero-order valence-corrected chi connectivity index (χ0v) is 7.48. The number of thiophene rings is 1. The Morgan fingerprint density at radius 1 is 1.42 bits per heavy atom. The average molecular weight is 173 g/mol. The fraction of sp³-hybridized carbons (Fsp3) is 0.100. The van der Waals surface area contributed by atoms with Crippen molar-refractivity contribution in [1.29, 1.82) is 5.26 Å². The normalized spacial score (nSPS) is 10.0. The second-order valence-electron chi connectivity index (χ2n) is 2.74. The number of hydrogen-bond donors (Lipinski definition) is 0. The molecule has 0 bridgehead atoms. The predicted octanol–water partition coefficient (Wildman–Crippen LogP) is 3.08. The first-order chi connectivity index (χ1) is 5.81. The third-order valence-corrected chi connectivity index (χ3v) is 2.80. The van der Waals surface area contributed by atoms with Crippen molar-refractivity contribution < 1.29 is 0 Å². The van der Waals surface area contributed by atoms with E-state index in [4.69, 9.17) is 5.26 Å². The maximum atomic E-state index is 8.77. The smallest absolute Gasteiger partial charge is 0.0994 e. The molecule has 2 heteroatoms. The SMILES string of the molecule is Cc1cc2ccsc2cc1C#N. The molecule has 58 valence electrons. The topological polar surface area (TPSA) is 23.8 Å². The lowest BCUT2D eigenvalue weighted by Gasteiger charge is -1.95. The first-order valence-electron chi connectivity index (χ1n) is 3.69. The van der Waals surface area contributed by atoms with Crippen LogP contribution in [0.5, 0.6) is 0 Å². The van der Waals surface area contributed by atoms with Crippen molar-refractivity contribution in [2.24, 2.45) is 0 Å². The minimum atomic E-state index is 0.782. The van der Waals surface area contributed by atoms with Crippen LogP contribution in [0.4, 0.5) is 0 Å². The molecule has 1 aromatic carbocycles. The van der Waals surface area contributed by atoms with E-state index >= 15 is 0 Å². The summed E-state index contributed by atoms with van der Waals surface area (Å²) in [5.74, 6) is 0. The van der Waals surface area contributed by atoms with E-state index in [1.54, 1.807) is 11.3 Å². The van der Waals surface area contributed by atoms with E-state index in [1.807, 2.05) is 18.4 Å². The van der Waals surface area contributed by atoms with Gasteiger partial charge < -0.3 is 0 Å². The van der Waals surface area contributed by atoms with Crippen LogP contribution in [0, 0.1) is 18.3 Å². The summed E-state index contributed by atoms with van der Waals surface area (Å²) in [5.41, 5.74) is 1.84. The molecule has 0 saturated heterocycles. The van der Waals surface area contributed by atoms with E-state index in [0.717, 1.165) is 11.1 Å². The Labute approximate surface area is 74.9 Å². The number of aryl methyl sites for hydroxylation is 1. The molecular formula is C10H7NS. The lowest BCUT2D eigenvalue weighted by Crippen LogP contribution is -1.79. The molecule has 12 heavy (non-hydrogen) atoms. The Morgan fingerprint density at radius 2 is 2.25 bits per heavy atom. The summed E-state index contributed by atoms with van der Waals surface area (Å²) in [6.07, 6.45) is 0. The third-order valence-electron chi connectivity index (χ3n) is 1.92. The highest BCUT2D eigenvalue weighted by Gasteiger charge is 2.00. The second kappa shape index (κ2) is 2.62. The van der Waals surface area contributed by atoms with E-state index in [1.165, 1.54) is 10.1 Å². The van der Waals surface area contributed by atoms with Gasteiger partial charge in [0.25, 0.3) is 0 Å². The van der Waals surface area contributed by atoms with Crippen LogP contribution in [0.3, 0.4) is 0 Å². The van der Waals surface area contributed by atoms with Gasteiger partial charge in [0.15, 0.2) is 0 Å². The first-order valence-corrected chi connectivity index (χ1v) is 4.57. The van der Waals surface area contributed by atoms with Crippen LogP contribution in [0.2, 0.25) is 0 Å². The molecular weight excluding hydrogens is 166 g/mol. The predicted molar refractivity (Wildman–Crippen MR) is 51.3 cm³/mol. The Morgan fingerprint density at radius 3 is 3.00 bits per heavy atom. The number of nitrogens with zero attached hydrogens (tertiary/aromatic N) is 1. The molecule has 0 amide bonds. The van der Waals surface area contributed by atoms with Crippen LogP contribution in [0.1, 0.15) is 11.1 Å². The standard InChI is InChI=1S/C10H7NS/c1-7-4-8-2-3-12-10(8)5-9(7)6-11/h2-5H,1H3. The lowest BCUT2D eigenvalue weighted by atomic mass is 10.1. The molecule has 0 spiro atoms. The summed E-state index contributed by atoms with van der Waals surface area (Å²) in [5, 5.41) is 12.0. The summed E-state index contributed by atoms with van der Waals surface area (Å²) in [4.78, 5) is 0. The quantitative estimate of drug-likeness (QED) is 0.600. The fourth-order valence-corrected chi connectivity index (χ4v) is 2.05. The molecule has 0 atom stereocenters. The van der Waals surface area contributed by atoms with Gasteiger partial charge in [-0.3, -0.25) is 0 Å². The van der Waals surface area contributed by atoms with Crippen LogP contribution >= 0.6 is 11.3 Å². The minimum absolute atomic E-state index is 0.782. The average Bonchev–Trinajstić information content (AvgIpc) is 2.49. The summed E-state index contributed by atoms with van der Waals surface area (Å²) < 4.78 is 1.19. The van der Waals surface area contributed by atoms with Crippen molar-refractivity contribution in [2.75, 3.05) is 0 Å². The molecule has 0 saturated carbocycles. The zero-order valence-electron chi connectivity index (χ0n) is 6.66. The summed E-state index contributed by atoms with van der Waals surface area (Å²) in [6.45, 7) is 1.97. The highest BCUT2D eigenvalue weighted by Crippen LogP contribution is 2.23. The number of fused-ring (bicyclic) bond motifs is 1. The van der Waals surface area contributed by atoms with E-state index < -0.39 is 0 Å². The van der Waals surface area contributed by atoms with Crippen molar-refractivity contribution in [3.05, 3.63) is 34.7 Å². The van der Waals surface area contributed by atoms with Crippen LogP contribution in [-0.4, -0.2) is 0 Å². The van der Waals surface area contributed by atoms with Gasteiger partial charge in [-0.15, -0.1) is 11.3 Å². The summed E-state index contributed by atoms with van der Waals surface area (Å²) in [7, 11) is 0. The van der Waals surface area contributed by atoms with Crippen molar-refractivity contribution in [3.63, 3.8) is 0 Å². The number of benzene rings is 1. The highest BCUT2D eigenvalue weighted by atomic mass is 32.1. The van der Waals surface area contributed by atoms with Gasteiger partial charge in [-0.25, -0.2) is 0 Å². The van der Waals surface area contributed by atoms with Gasteiger partial charge in [0.2, 0.25) is 0 Å². The first kappa shape index (κ1) is 7.33. The van der Waals surface area contributed by atoms with E-state index in [2.05, 4.69) is 18.2 Å². The van der Waals surface area contributed by atoms with E-state index in [-0.39, 0.29) is 0 Å². The van der Waals surface area contributed by atoms with Crippen molar-refractivity contribution in [2.45, 2.75) is 6.92 Å². The Kier molecular flexibility index (Phi) is 1.60. The van der Waals surface area contributed by atoms with Crippen molar-refractivity contribution in [3.8, 4) is 6.07 Å². The van der Waals surface area contributed by atoms with E-state index in [9.17, 15) is 0 Å². The molecule has 2 aromatic rings. The van der Waals surface area contributed by atoms with Gasteiger partial charge in [-0.1, -0.05) is 0 Å².